The molecular weight excluding hydrogens is 336 g/mol. The Labute approximate surface area is 152 Å². The summed E-state index contributed by atoms with van der Waals surface area (Å²) in [7, 11) is 3.29. The van der Waals surface area contributed by atoms with E-state index in [1.54, 1.807) is 43.3 Å². The van der Waals surface area contributed by atoms with E-state index in [1.807, 2.05) is 0 Å². The van der Waals surface area contributed by atoms with Crippen LogP contribution < -0.4 is 4.74 Å². The third kappa shape index (κ3) is 3.52. The number of ether oxygens (including phenoxy) is 1. The van der Waals surface area contributed by atoms with Crippen molar-refractivity contribution in [2.24, 2.45) is 11.3 Å². The van der Waals surface area contributed by atoms with Crippen LogP contribution in [0.2, 0.25) is 0 Å². The van der Waals surface area contributed by atoms with Gasteiger partial charge in [0, 0.05) is 27.2 Å². The number of carboxylic acids is 1. The molecule has 1 atom stereocenters. The van der Waals surface area contributed by atoms with Gasteiger partial charge in [-0.2, -0.15) is 0 Å². The van der Waals surface area contributed by atoms with Gasteiger partial charge in [-0.05, 0) is 36.8 Å². The number of carbonyl (C=O) groups is 3. The molecule has 2 aliphatic rings. The fraction of sp³-hybridized carbons (Fsp3) is 0.526. The molecule has 1 spiro atoms. The average molecular weight is 360 g/mol. The Hall–Kier alpha value is -2.57. The molecule has 1 aromatic carbocycles. The van der Waals surface area contributed by atoms with Gasteiger partial charge in [-0.1, -0.05) is 12.1 Å². The SMILES string of the molecule is CN(C)C(=O)COc1ccccc1C(=O)N1CCC2(CC1)CC2C(=O)O. The van der Waals surface area contributed by atoms with E-state index in [1.165, 1.54) is 4.90 Å². The van der Waals surface area contributed by atoms with E-state index in [-0.39, 0.29) is 29.8 Å². The lowest BCUT2D eigenvalue weighted by Crippen LogP contribution is -2.40. The van der Waals surface area contributed by atoms with Crippen LogP contribution in [0.5, 0.6) is 5.75 Å². The van der Waals surface area contributed by atoms with Crippen LogP contribution in [0.15, 0.2) is 24.3 Å². The Kier molecular flexibility index (Phi) is 4.89. The Bertz CT molecular complexity index is 722. The second-order valence-corrected chi connectivity index (χ2v) is 7.32. The molecule has 1 aromatic rings. The number of hydrogen-bond acceptors (Lipinski definition) is 4. The van der Waals surface area contributed by atoms with Crippen molar-refractivity contribution < 1.29 is 24.2 Å². The topological polar surface area (TPSA) is 87.2 Å². The molecule has 26 heavy (non-hydrogen) atoms. The van der Waals surface area contributed by atoms with Gasteiger partial charge >= 0.3 is 5.97 Å². The molecule has 1 aliphatic heterocycles. The van der Waals surface area contributed by atoms with E-state index in [4.69, 9.17) is 4.74 Å². The largest absolute Gasteiger partial charge is 0.483 e. The zero-order chi connectivity index (χ0) is 18.9. The van der Waals surface area contributed by atoms with E-state index in [0.29, 0.717) is 24.4 Å². The minimum atomic E-state index is -0.728. The number of amides is 2. The van der Waals surface area contributed by atoms with Crippen molar-refractivity contribution in [1.29, 1.82) is 0 Å². The maximum Gasteiger partial charge on any atom is 0.307 e. The zero-order valence-corrected chi connectivity index (χ0v) is 15.1. The first-order valence-corrected chi connectivity index (χ1v) is 8.78. The summed E-state index contributed by atoms with van der Waals surface area (Å²) < 4.78 is 5.56. The Morgan fingerprint density at radius 2 is 1.88 bits per heavy atom. The molecule has 2 amide bonds. The van der Waals surface area contributed by atoms with Gasteiger partial charge < -0.3 is 19.6 Å². The van der Waals surface area contributed by atoms with Crippen molar-refractivity contribution >= 4 is 17.8 Å². The molecule has 140 valence electrons. The predicted octanol–water partition coefficient (Wildman–Crippen LogP) is 1.48. The molecule has 1 saturated carbocycles. The number of carboxylic acid groups (broad SMARTS) is 1. The number of para-hydroxylation sites is 1. The van der Waals surface area contributed by atoms with Gasteiger partial charge in [-0.15, -0.1) is 0 Å². The molecule has 7 heteroatoms. The predicted molar refractivity (Wildman–Crippen MR) is 93.9 cm³/mol. The number of carbonyl (C=O) groups excluding carboxylic acids is 2. The van der Waals surface area contributed by atoms with Crippen molar-refractivity contribution in [2.45, 2.75) is 19.3 Å². The normalized spacial score (nSPS) is 20.5. The van der Waals surface area contributed by atoms with Gasteiger partial charge in [0.15, 0.2) is 6.61 Å². The van der Waals surface area contributed by atoms with Gasteiger partial charge in [0.25, 0.3) is 11.8 Å². The Morgan fingerprint density at radius 1 is 1.23 bits per heavy atom. The minimum absolute atomic E-state index is 0.114. The lowest BCUT2D eigenvalue weighted by atomic mass is 9.90. The standard InChI is InChI=1S/C19H24N2O5/c1-20(2)16(22)12-26-15-6-4-3-5-13(15)17(23)21-9-7-19(8-10-21)11-14(19)18(24)25/h3-6,14H,7-12H2,1-2H3,(H,24,25). The number of hydrogen-bond donors (Lipinski definition) is 1. The first kappa shape index (κ1) is 18.2. The second-order valence-electron chi connectivity index (χ2n) is 7.32. The summed E-state index contributed by atoms with van der Waals surface area (Å²) in [6, 6.07) is 6.90. The van der Waals surface area contributed by atoms with Gasteiger partial charge in [0.05, 0.1) is 11.5 Å². The lowest BCUT2D eigenvalue weighted by molar-refractivity contribution is -0.139. The van der Waals surface area contributed by atoms with E-state index in [2.05, 4.69) is 0 Å². The Morgan fingerprint density at radius 3 is 2.46 bits per heavy atom. The second kappa shape index (κ2) is 6.97. The van der Waals surface area contributed by atoms with Crippen LogP contribution in [0.1, 0.15) is 29.6 Å². The highest BCUT2D eigenvalue weighted by Crippen LogP contribution is 2.59. The quantitative estimate of drug-likeness (QED) is 0.859. The molecule has 1 N–H and O–H groups in total. The summed E-state index contributed by atoms with van der Waals surface area (Å²) in [5.41, 5.74) is 0.317. The summed E-state index contributed by atoms with van der Waals surface area (Å²) in [5.74, 6) is -0.912. The fourth-order valence-electron chi connectivity index (χ4n) is 3.61. The number of likely N-dealkylation sites (N-methyl/N-ethyl adjacent to an activating group) is 1. The molecule has 1 saturated heterocycles. The number of aliphatic carboxylic acids is 1. The van der Waals surface area contributed by atoms with Crippen molar-refractivity contribution in [1.82, 2.24) is 9.80 Å². The number of piperidine rings is 1. The maximum absolute atomic E-state index is 12.9. The van der Waals surface area contributed by atoms with E-state index >= 15 is 0 Å². The molecule has 3 rings (SSSR count). The average Bonchev–Trinajstić information content (AvgIpc) is 3.33. The van der Waals surface area contributed by atoms with Gasteiger partial charge in [-0.25, -0.2) is 0 Å². The molecule has 1 heterocycles. The number of benzene rings is 1. The summed E-state index contributed by atoms with van der Waals surface area (Å²) in [4.78, 5) is 38.9. The van der Waals surface area contributed by atoms with Crippen LogP contribution in [0.3, 0.4) is 0 Å². The molecule has 7 nitrogen and oxygen atoms in total. The highest BCUT2D eigenvalue weighted by Gasteiger charge is 2.59. The molecule has 1 unspecified atom stereocenters. The van der Waals surface area contributed by atoms with Crippen molar-refractivity contribution in [2.75, 3.05) is 33.8 Å². The molecule has 0 aromatic heterocycles. The first-order valence-electron chi connectivity index (χ1n) is 8.78. The summed E-state index contributed by atoms with van der Waals surface area (Å²) in [6.07, 6.45) is 2.16. The number of likely N-dealkylation sites (tertiary alicyclic amines) is 1. The summed E-state index contributed by atoms with van der Waals surface area (Å²) in [6.45, 7) is 0.974. The van der Waals surface area contributed by atoms with E-state index in [0.717, 1.165) is 19.3 Å². The summed E-state index contributed by atoms with van der Waals surface area (Å²) in [5, 5.41) is 9.17. The van der Waals surface area contributed by atoms with Crippen LogP contribution in [-0.4, -0.2) is 66.5 Å². The molecule has 0 radical (unpaired) electrons. The zero-order valence-electron chi connectivity index (χ0n) is 15.1. The molecule has 2 fully saturated rings. The monoisotopic (exact) mass is 360 g/mol. The molecule has 0 bridgehead atoms. The van der Waals surface area contributed by atoms with Crippen molar-refractivity contribution in [3.63, 3.8) is 0 Å². The van der Waals surface area contributed by atoms with Crippen LogP contribution >= 0.6 is 0 Å². The van der Waals surface area contributed by atoms with E-state index < -0.39 is 5.97 Å². The van der Waals surface area contributed by atoms with Crippen LogP contribution in [0.25, 0.3) is 0 Å². The minimum Gasteiger partial charge on any atom is -0.483 e. The summed E-state index contributed by atoms with van der Waals surface area (Å²) >= 11 is 0. The third-order valence-corrected chi connectivity index (χ3v) is 5.50. The van der Waals surface area contributed by atoms with Crippen LogP contribution in [-0.2, 0) is 9.59 Å². The smallest absolute Gasteiger partial charge is 0.307 e. The van der Waals surface area contributed by atoms with Gasteiger partial charge in [-0.3, -0.25) is 14.4 Å². The molecular formula is C19H24N2O5. The fourth-order valence-corrected chi connectivity index (χ4v) is 3.61. The number of rotatable bonds is 5. The van der Waals surface area contributed by atoms with E-state index in [9.17, 15) is 19.5 Å². The molecule has 1 aliphatic carbocycles. The highest BCUT2D eigenvalue weighted by atomic mass is 16.5. The van der Waals surface area contributed by atoms with Gasteiger partial charge in [0.2, 0.25) is 0 Å². The van der Waals surface area contributed by atoms with Crippen LogP contribution in [0, 0.1) is 11.3 Å². The van der Waals surface area contributed by atoms with Crippen LogP contribution in [0.4, 0.5) is 0 Å². The third-order valence-electron chi connectivity index (χ3n) is 5.50. The number of nitrogens with zero attached hydrogens (tertiary/aromatic N) is 2. The lowest BCUT2D eigenvalue weighted by Gasteiger charge is -2.33. The first-order chi connectivity index (χ1) is 12.3. The highest BCUT2D eigenvalue weighted by molar-refractivity contribution is 5.97. The van der Waals surface area contributed by atoms with Gasteiger partial charge in [0.1, 0.15) is 5.75 Å². The maximum atomic E-state index is 12.9. The van der Waals surface area contributed by atoms with Crippen molar-refractivity contribution in [3.05, 3.63) is 29.8 Å². The Balaban J connectivity index is 1.64. The van der Waals surface area contributed by atoms with Crippen molar-refractivity contribution in [3.8, 4) is 5.75 Å².